The van der Waals surface area contributed by atoms with Crippen LogP contribution in [0.15, 0.2) is 36.5 Å². The van der Waals surface area contributed by atoms with E-state index in [1.807, 2.05) is 12.1 Å². The van der Waals surface area contributed by atoms with Gasteiger partial charge in [-0.2, -0.15) is 0 Å². The van der Waals surface area contributed by atoms with E-state index in [9.17, 15) is 19.5 Å². The van der Waals surface area contributed by atoms with Gasteiger partial charge in [0.25, 0.3) is 5.91 Å². The van der Waals surface area contributed by atoms with Crippen LogP contribution in [0.3, 0.4) is 0 Å². The zero-order valence-electron chi connectivity index (χ0n) is 14.1. The van der Waals surface area contributed by atoms with Gasteiger partial charge >= 0.3 is 11.9 Å². The number of hydrogen-bond donors (Lipinski definition) is 2. The van der Waals surface area contributed by atoms with Crippen molar-refractivity contribution < 1.29 is 24.2 Å². The lowest BCUT2D eigenvalue weighted by atomic mass is 9.97. The number of aromatic nitrogens is 1. The number of ether oxygens (including phenoxy) is 1. The molecule has 0 saturated heterocycles. The first-order valence-corrected chi connectivity index (χ1v) is 7.97. The van der Waals surface area contributed by atoms with Crippen LogP contribution in [-0.4, -0.2) is 40.6 Å². The van der Waals surface area contributed by atoms with Crippen LogP contribution in [0.25, 0.3) is 10.9 Å². The number of carboxylic acids is 1. The number of carboxylic acid groups (broad SMARTS) is 1. The van der Waals surface area contributed by atoms with Crippen LogP contribution in [0.5, 0.6) is 0 Å². The van der Waals surface area contributed by atoms with Crippen LogP contribution in [0.1, 0.15) is 30.6 Å². The number of nitrogens with one attached hydrogen (secondary N) is 1. The smallest absolute Gasteiger partial charge is 0.326 e. The first-order chi connectivity index (χ1) is 11.9. The van der Waals surface area contributed by atoms with E-state index in [0.29, 0.717) is 5.52 Å². The number of nitrogens with zero attached hydrogens (tertiary/aromatic N) is 1. The summed E-state index contributed by atoms with van der Waals surface area (Å²) in [5.41, 5.74) is 0.775. The van der Waals surface area contributed by atoms with E-state index in [0.717, 1.165) is 5.39 Å². The summed E-state index contributed by atoms with van der Waals surface area (Å²) >= 11 is 0. The molecule has 132 valence electrons. The van der Waals surface area contributed by atoms with Crippen LogP contribution in [0.4, 0.5) is 0 Å². The topological polar surface area (TPSA) is 106 Å². The molecule has 1 aromatic carbocycles. The van der Waals surface area contributed by atoms with Gasteiger partial charge in [0.05, 0.1) is 24.1 Å². The molecule has 2 aromatic rings. The second kappa shape index (κ2) is 8.23. The molecule has 7 nitrogen and oxygen atoms in total. The lowest BCUT2D eigenvalue weighted by Gasteiger charge is -2.21. The quantitative estimate of drug-likeness (QED) is 0.744. The highest BCUT2D eigenvalue weighted by Crippen LogP contribution is 2.17. The Morgan fingerprint density at radius 2 is 1.96 bits per heavy atom. The minimum atomic E-state index is -1.21. The number of esters is 1. The maximum Gasteiger partial charge on any atom is 0.326 e. The van der Waals surface area contributed by atoms with Crippen molar-refractivity contribution in [2.24, 2.45) is 5.92 Å². The molecule has 2 N–H and O–H groups in total. The maximum absolute atomic E-state index is 12.6. The predicted octanol–water partition coefficient (Wildman–Crippen LogP) is 2.01. The summed E-state index contributed by atoms with van der Waals surface area (Å²) in [5, 5.41) is 12.7. The minimum absolute atomic E-state index is 0.0983. The largest absolute Gasteiger partial charge is 0.480 e. The Bertz CT molecular complexity index is 785. The first-order valence-electron chi connectivity index (χ1n) is 7.97. The number of hydrogen-bond acceptors (Lipinski definition) is 5. The van der Waals surface area contributed by atoms with Crippen LogP contribution in [-0.2, 0) is 14.3 Å². The molecule has 2 rings (SSSR count). The number of benzene rings is 1. The average Bonchev–Trinajstić information content (AvgIpc) is 2.58. The van der Waals surface area contributed by atoms with Crippen LogP contribution >= 0.6 is 0 Å². The zero-order valence-corrected chi connectivity index (χ0v) is 14.1. The fourth-order valence-corrected chi connectivity index (χ4v) is 2.55. The zero-order chi connectivity index (χ0) is 18.4. The Morgan fingerprint density at radius 1 is 1.24 bits per heavy atom. The van der Waals surface area contributed by atoms with Crippen molar-refractivity contribution in [2.75, 3.05) is 6.61 Å². The van der Waals surface area contributed by atoms with E-state index in [2.05, 4.69) is 10.3 Å². The molecule has 0 aliphatic heterocycles. The number of carbonyl (C=O) groups excluding carboxylic acids is 2. The van der Waals surface area contributed by atoms with E-state index in [4.69, 9.17) is 4.74 Å². The third-order valence-corrected chi connectivity index (χ3v) is 3.79. The van der Waals surface area contributed by atoms with Crippen molar-refractivity contribution in [3.8, 4) is 0 Å². The molecule has 0 radical (unpaired) electrons. The number of para-hydroxylation sites is 1. The van der Waals surface area contributed by atoms with E-state index in [1.54, 1.807) is 38.2 Å². The third-order valence-electron chi connectivity index (χ3n) is 3.79. The SMILES string of the molecule is CCOC(=O)C[C@H](C)[C@@H](NC(=O)c1cccc2cccnc12)C(=O)O. The van der Waals surface area contributed by atoms with E-state index < -0.39 is 29.8 Å². The molecule has 7 heteroatoms. The van der Waals surface area contributed by atoms with Gasteiger partial charge < -0.3 is 15.2 Å². The molecule has 1 amide bonds. The normalized spacial score (nSPS) is 13.0. The molecule has 0 bridgehead atoms. The van der Waals surface area contributed by atoms with Gasteiger partial charge in [0.15, 0.2) is 0 Å². The molecule has 0 aliphatic carbocycles. The van der Waals surface area contributed by atoms with Gasteiger partial charge in [0.1, 0.15) is 6.04 Å². The summed E-state index contributed by atoms with van der Waals surface area (Å²) in [6.07, 6.45) is 1.47. The van der Waals surface area contributed by atoms with E-state index in [1.165, 1.54) is 0 Å². The molecule has 1 aromatic heterocycles. The van der Waals surface area contributed by atoms with Gasteiger partial charge in [0, 0.05) is 11.6 Å². The van der Waals surface area contributed by atoms with Gasteiger partial charge in [-0.15, -0.1) is 0 Å². The number of amides is 1. The molecule has 0 unspecified atom stereocenters. The highest BCUT2D eigenvalue weighted by Gasteiger charge is 2.29. The summed E-state index contributed by atoms with van der Waals surface area (Å²) in [5.74, 6) is -2.88. The second-order valence-corrected chi connectivity index (χ2v) is 5.66. The Hall–Kier alpha value is -2.96. The summed E-state index contributed by atoms with van der Waals surface area (Å²) < 4.78 is 4.84. The van der Waals surface area contributed by atoms with Gasteiger partial charge in [-0.3, -0.25) is 14.6 Å². The van der Waals surface area contributed by atoms with Crippen molar-refractivity contribution in [3.05, 3.63) is 42.1 Å². The van der Waals surface area contributed by atoms with E-state index in [-0.39, 0.29) is 18.6 Å². The molecule has 2 atom stereocenters. The van der Waals surface area contributed by atoms with Crippen LogP contribution in [0.2, 0.25) is 0 Å². The van der Waals surface area contributed by atoms with Crippen molar-refractivity contribution in [3.63, 3.8) is 0 Å². The minimum Gasteiger partial charge on any atom is -0.480 e. The fourth-order valence-electron chi connectivity index (χ4n) is 2.55. The van der Waals surface area contributed by atoms with Gasteiger partial charge in [-0.25, -0.2) is 4.79 Å². The molecular weight excluding hydrogens is 324 g/mol. The van der Waals surface area contributed by atoms with E-state index >= 15 is 0 Å². The molecule has 0 spiro atoms. The first kappa shape index (κ1) is 18.4. The Kier molecular flexibility index (Phi) is 6.05. The molecule has 0 fully saturated rings. The Balaban J connectivity index is 2.20. The second-order valence-electron chi connectivity index (χ2n) is 5.66. The van der Waals surface area contributed by atoms with Crippen molar-refractivity contribution >= 4 is 28.7 Å². The summed E-state index contributed by atoms with van der Waals surface area (Å²) in [6.45, 7) is 3.47. The maximum atomic E-state index is 12.6. The number of aliphatic carboxylic acids is 1. The molecule has 0 aliphatic rings. The predicted molar refractivity (Wildman–Crippen MR) is 91.0 cm³/mol. The number of fused-ring (bicyclic) bond motifs is 1. The van der Waals surface area contributed by atoms with Gasteiger partial charge in [-0.1, -0.05) is 25.1 Å². The molecular formula is C18H20N2O5. The fraction of sp³-hybridized carbons (Fsp3) is 0.333. The lowest BCUT2D eigenvalue weighted by Crippen LogP contribution is -2.45. The average molecular weight is 344 g/mol. The molecule has 25 heavy (non-hydrogen) atoms. The summed E-state index contributed by atoms with van der Waals surface area (Å²) in [4.78, 5) is 39.8. The van der Waals surface area contributed by atoms with Crippen molar-refractivity contribution in [1.29, 1.82) is 0 Å². The summed E-state index contributed by atoms with van der Waals surface area (Å²) in [7, 11) is 0. The monoisotopic (exact) mass is 344 g/mol. The van der Waals surface area contributed by atoms with Gasteiger partial charge in [-0.05, 0) is 25.0 Å². The highest BCUT2D eigenvalue weighted by molar-refractivity contribution is 6.06. The molecule has 1 heterocycles. The molecule has 0 saturated carbocycles. The summed E-state index contributed by atoms with van der Waals surface area (Å²) in [6, 6.07) is 7.46. The number of pyridine rings is 1. The van der Waals surface area contributed by atoms with Gasteiger partial charge in [0.2, 0.25) is 0 Å². The lowest BCUT2D eigenvalue weighted by molar-refractivity contribution is -0.145. The Labute approximate surface area is 145 Å². The standard InChI is InChI=1S/C18H20N2O5/c1-3-25-14(21)10-11(2)15(18(23)24)20-17(22)13-8-4-6-12-7-5-9-19-16(12)13/h4-9,11,15H,3,10H2,1-2H3,(H,20,22)(H,23,24)/t11-,15+/m0/s1. The van der Waals surface area contributed by atoms with Crippen LogP contribution in [0, 0.1) is 5.92 Å². The Morgan fingerprint density at radius 3 is 2.64 bits per heavy atom. The number of carbonyl (C=O) groups is 3. The highest BCUT2D eigenvalue weighted by atomic mass is 16.5. The van der Waals surface area contributed by atoms with Crippen molar-refractivity contribution in [1.82, 2.24) is 10.3 Å². The van der Waals surface area contributed by atoms with Crippen molar-refractivity contribution in [2.45, 2.75) is 26.3 Å². The number of rotatable bonds is 7. The van der Waals surface area contributed by atoms with Crippen LogP contribution < -0.4 is 5.32 Å². The third kappa shape index (κ3) is 4.53.